The molecule has 0 spiro atoms. The Balaban J connectivity index is 2.57. The molecule has 0 saturated carbocycles. The number of aryl methyl sites for hydroxylation is 1. The molecule has 0 heterocycles. The second-order valence-corrected chi connectivity index (χ2v) is 7.91. The van der Waals surface area contributed by atoms with Crippen LogP contribution in [0.25, 0.3) is 5.57 Å². The number of nitrogens with zero attached hydrogens (tertiary/aromatic N) is 2. The lowest BCUT2D eigenvalue weighted by Crippen LogP contribution is -2.25. The highest BCUT2D eigenvalue weighted by Crippen LogP contribution is 2.23. The summed E-state index contributed by atoms with van der Waals surface area (Å²) in [7, 11) is 1.07. The van der Waals surface area contributed by atoms with Crippen molar-refractivity contribution in [3.8, 4) is 0 Å². The van der Waals surface area contributed by atoms with Gasteiger partial charge in [-0.25, -0.2) is 0 Å². The van der Waals surface area contributed by atoms with Crippen molar-refractivity contribution in [2.75, 3.05) is 21.2 Å². The molecule has 138 valence electrons. The lowest BCUT2D eigenvalue weighted by molar-refractivity contribution is 0.340. The third-order valence-electron chi connectivity index (χ3n) is 3.58. The van der Waals surface area contributed by atoms with Crippen molar-refractivity contribution in [3.05, 3.63) is 70.9 Å². The molecule has 26 heavy (non-hydrogen) atoms. The highest BCUT2D eigenvalue weighted by molar-refractivity contribution is 7.90. The van der Waals surface area contributed by atoms with Gasteiger partial charge in [0.1, 0.15) is 0 Å². The maximum atomic E-state index is 12.7. The molecule has 0 radical (unpaired) electrons. The SMILES string of the molecule is CO/C=C(/C(=N\S(=O)(=O)c1ccc(C)cc1)N(C)C)c1ccc(Cl)cc1. The van der Waals surface area contributed by atoms with Crippen LogP contribution in [-0.2, 0) is 14.8 Å². The molecule has 5 nitrogen and oxygen atoms in total. The number of hydrogen-bond donors (Lipinski definition) is 0. The van der Waals surface area contributed by atoms with E-state index in [4.69, 9.17) is 16.3 Å². The molecule has 0 fully saturated rings. The summed E-state index contributed by atoms with van der Waals surface area (Å²) in [5, 5.41) is 0.584. The Morgan fingerprint density at radius 1 is 1.08 bits per heavy atom. The fourth-order valence-electron chi connectivity index (χ4n) is 2.25. The van der Waals surface area contributed by atoms with E-state index >= 15 is 0 Å². The topological polar surface area (TPSA) is 59.0 Å². The molecular formula is C19H21ClN2O3S. The number of ether oxygens (including phenoxy) is 1. The minimum atomic E-state index is -3.88. The lowest BCUT2D eigenvalue weighted by Gasteiger charge is -2.19. The summed E-state index contributed by atoms with van der Waals surface area (Å²) in [6.45, 7) is 1.89. The first-order valence-electron chi connectivity index (χ1n) is 7.83. The van der Waals surface area contributed by atoms with Crippen molar-refractivity contribution in [2.24, 2.45) is 4.40 Å². The van der Waals surface area contributed by atoms with Crippen molar-refractivity contribution in [2.45, 2.75) is 11.8 Å². The monoisotopic (exact) mass is 392 g/mol. The van der Waals surface area contributed by atoms with Crippen molar-refractivity contribution in [1.29, 1.82) is 0 Å². The van der Waals surface area contributed by atoms with Crippen LogP contribution in [-0.4, -0.2) is 40.4 Å². The summed E-state index contributed by atoms with van der Waals surface area (Å²) in [5.74, 6) is 0.259. The molecule has 0 atom stereocenters. The van der Waals surface area contributed by atoms with Crippen molar-refractivity contribution < 1.29 is 13.2 Å². The van der Waals surface area contributed by atoms with E-state index in [-0.39, 0.29) is 10.7 Å². The van der Waals surface area contributed by atoms with Crippen molar-refractivity contribution >= 4 is 33.0 Å². The molecule has 0 bridgehead atoms. The lowest BCUT2D eigenvalue weighted by atomic mass is 10.1. The van der Waals surface area contributed by atoms with E-state index in [2.05, 4.69) is 4.40 Å². The number of likely N-dealkylation sites (N-methyl/N-ethyl adjacent to an activating group) is 1. The van der Waals surface area contributed by atoms with Crippen molar-refractivity contribution in [1.82, 2.24) is 4.90 Å². The van der Waals surface area contributed by atoms with Crippen LogP contribution in [0.4, 0.5) is 0 Å². The third kappa shape index (κ3) is 4.86. The Kier molecular flexibility index (Phi) is 6.45. The van der Waals surface area contributed by atoms with Gasteiger partial charge in [0, 0.05) is 19.1 Å². The average Bonchev–Trinajstić information content (AvgIpc) is 2.59. The second-order valence-electron chi connectivity index (χ2n) is 5.87. The standard InChI is InChI=1S/C19H21ClN2O3S/c1-14-5-11-17(12-6-14)26(23,24)21-19(22(2)3)18(13-25-4)15-7-9-16(20)10-8-15/h5-13H,1-4H3/b18-13+,21-19+. The normalized spacial score (nSPS) is 12.8. The summed E-state index contributed by atoms with van der Waals surface area (Å²) in [4.78, 5) is 1.76. The van der Waals surface area contributed by atoms with Gasteiger partial charge in [0.15, 0.2) is 5.84 Å². The first-order chi connectivity index (χ1) is 12.2. The minimum Gasteiger partial charge on any atom is -0.504 e. The van der Waals surface area contributed by atoms with Gasteiger partial charge in [-0.3, -0.25) is 0 Å². The summed E-state index contributed by atoms with van der Waals surface area (Å²) in [6.07, 6.45) is 1.47. The quantitative estimate of drug-likeness (QED) is 0.438. The predicted molar refractivity (Wildman–Crippen MR) is 106 cm³/mol. The van der Waals surface area contributed by atoms with Gasteiger partial charge in [0.2, 0.25) is 0 Å². The van der Waals surface area contributed by atoms with Crippen LogP contribution in [0.1, 0.15) is 11.1 Å². The molecule has 2 aromatic carbocycles. The molecular weight excluding hydrogens is 372 g/mol. The summed E-state index contributed by atoms with van der Waals surface area (Å²) in [5.41, 5.74) is 2.24. The maximum Gasteiger partial charge on any atom is 0.284 e. The Morgan fingerprint density at radius 3 is 2.15 bits per heavy atom. The van der Waals surface area contributed by atoms with Crippen LogP contribution in [0.2, 0.25) is 5.02 Å². The average molecular weight is 393 g/mol. The summed E-state index contributed by atoms with van der Waals surface area (Å²) in [6, 6.07) is 13.6. The Morgan fingerprint density at radius 2 is 1.65 bits per heavy atom. The van der Waals surface area contributed by atoms with Crippen LogP contribution in [0, 0.1) is 6.92 Å². The molecule has 2 aromatic rings. The van der Waals surface area contributed by atoms with E-state index < -0.39 is 10.0 Å². The number of benzene rings is 2. The Bertz CT molecular complexity index is 916. The predicted octanol–water partition coefficient (Wildman–Crippen LogP) is 3.98. The van der Waals surface area contributed by atoms with E-state index in [0.29, 0.717) is 10.6 Å². The Hall–Kier alpha value is -2.31. The second kappa shape index (κ2) is 8.38. The fourth-order valence-corrected chi connectivity index (χ4v) is 3.45. The van der Waals surface area contributed by atoms with E-state index in [0.717, 1.165) is 11.1 Å². The summed E-state index contributed by atoms with van der Waals surface area (Å²) >= 11 is 5.95. The minimum absolute atomic E-state index is 0.135. The maximum absolute atomic E-state index is 12.7. The number of methoxy groups -OCH3 is 1. The van der Waals surface area contributed by atoms with Gasteiger partial charge < -0.3 is 9.64 Å². The number of hydrogen-bond acceptors (Lipinski definition) is 3. The molecule has 0 aliphatic carbocycles. The molecule has 0 amide bonds. The number of sulfonamides is 1. The first kappa shape index (κ1) is 20.0. The Labute approximate surface area is 159 Å². The van der Waals surface area contributed by atoms with E-state index in [9.17, 15) is 8.42 Å². The zero-order valence-electron chi connectivity index (χ0n) is 15.1. The van der Waals surface area contributed by atoms with E-state index in [1.807, 2.05) is 6.92 Å². The number of rotatable bonds is 5. The highest BCUT2D eigenvalue weighted by atomic mass is 35.5. The molecule has 0 saturated heterocycles. The molecule has 0 unspecified atom stereocenters. The summed E-state index contributed by atoms with van der Waals surface area (Å²) < 4.78 is 34.7. The van der Waals surface area contributed by atoms with Crippen LogP contribution >= 0.6 is 11.6 Å². The van der Waals surface area contributed by atoms with Crippen LogP contribution in [0.5, 0.6) is 0 Å². The van der Waals surface area contributed by atoms with Gasteiger partial charge in [-0.15, -0.1) is 4.40 Å². The smallest absolute Gasteiger partial charge is 0.284 e. The van der Waals surface area contributed by atoms with E-state index in [1.54, 1.807) is 67.5 Å². The van der Waals surface area contributed by atoms with Gasteiger partial charge in [-0.1, -0.05) is 41.4 Å². The van der Waals surface area contributed by atoms with E-state index in [1.165, 1.54) is 13.4 Å². The molecule has 7 heteroatoms. The molecule has 2 rings (SSSR count). The molecule has 0 aromatic heterocycles. The van der Waals surface area contributed by atoms with Crippen LogP contribution < -0.4 is 0 Å². The first-order valence-corrected chi connectivity index (χ1v) is 9.64. The zero-order chi connectivity index (χ0) is 19.3. The van der Waals surface area contributed by atoms with Gasteiger partial charge in [-0.05, 0) is 36.8 Å². The molecule has 0 aliphatic rings. The van der Waals surface area contributed by atoms with Crippen molar-refractivity contribution in [3.63, 3.8) is 0 Å². The number of halogens is 1. The third-order valence-corrected chi connectivity index (χ3v) is 5.11. The van der Waals surface area contributed by atoms with Gasteiger partial charge >= 0.3 is 0 Å². The van der Waals surface area contributed by atoms with Crippen LogP contribution in [0.15, 0.2) is 64.1 Å². The highest BCUT2D eigenvalue weighted by Gasteiger charge is 2.20. The zero-order valence-corrected chi connectivity index (χ0v) is 16.7. The fraction of sp³-hybridized carbons (Fsp3) is 0.211. The molecule has 0 aliphatic heterocycles. The van der Waals surface area contributed by atoms with Crippen LogP contribution in [0.3, 0.4) is 0 Å². The van der Waals surface area contributed by atoms with Gasteiger partial charge in [-0.2, -0.15) is 8.42 Å². The largest absolute Gasteiger partial charge is 0.504 e. The number of amidine groups is 1. The van der Waals surface area contributed by atoms with Gasteiger partial charge in [0.25, 0.3) is 10.0 Å². The van der Waals surface area contributed by atoms with Gasteiger partial charge in [0.05, 0.1) is 23.8 Å². The molecule has 0 N–H and O–H groups in total.